The molecule has 0 saturated carbocycles. The summed E-state index contributed by atoms with van der Waals surface area (Å²) in [6.07, 6.45) is 4.15. The molecule has 0 bridgehead atoms. The van der Waals surface area contributed by atoms with Crippen molar-refractivity contribution in [1.82, 2.24) is 15.3 Å². The number of piperidine rings is 1. The maximum atomic E-state index is 12.7. The van der Waals surface area contributed by atoms with E-state index in [9.17, 15) is 4.79 Å². The number of nitrogens with zero attached hydrogens (tertiary/aromatic N) is 3. The molecule has 2 heterocycles. The molecule has 1 aliphatic rings. The summed E-state index contributed by atoms with van der Waals surface area (Å²) < 4.78 is 5.92. The maximum Gasteiger partial charge on any atom is 0.224 e. The van der Waals surface area contributed by atoms with Crippen LogP contribution in [0.1, 0.15) is 43.7 Å². The molecule has 0 unspecified atom stereocenters. The van der Waals surface area contributed by atoms with Gasteiger partial charge < -0.3 is 15.0 Å². The molecule has 2 aromatic carbocycles. The number of hydrogen-bond acceptors (Lipinski definition) is 5. The van der Waals surface area contributed by atoms with Crippen molar-refractivity contribution in [2.45, 2.75) is 39.0 Å². The number of nitrogens with one attached hydrogen (secondary N) is 1. The van der Waals surface area contributed by atoms with Gasteiger partial charge in [0, 0.05) is 31.6 Å². The molecule has 3 aromatic rings. The molecule has 6 nitrogen and oxygen atoms in total. The number of carbonyl (C=O) groups is 1. The van der Waals surface area contributed by atoms with Gasteiger partial charge in [-0.2, -0.15) is 0 Å². The number of carbonyl (C=O) groups excluding carboxylic acids is 1. The lowest BCUT2D eigenvalue weighted by atomic mass is 9.95. The smallest absolute Gasteiger partial charge is 0.224 e. The number of aromatic nitrogens is 2. The Bertz CT molecular complexity index is 1030. The summed E-state index contributed by atoms with van der Waals surface area (Å²) in [4.78, 5) is 23.6. The number of anilines is 1. The van der Waals surface area contributed by atoms with Crippen LogP contribution in [-0.4, -0.2) is 35.5 Å². The quantitative estimate of drug-likeness (QED) is 0.531. The van der Waals surface area contributed by atoms with E-state index >= 15 is 0 Å². The van der Waals surface area contributed by atoms with Gasteiger partial charge in [0.15, 0.2) is 0 Å². The second-order valence-electron chi connectivity index (χ2n) is 8.63. The van der Waals surface area contributed by atoms with Gasteiger partial charge in [0.1, 0.15) is 17.9 Å². The van der Waals surface area contributed by atoms with Crippen LogP contribution >= 0.6 is 0 Å². The summed E-state index contributed by atoms with van der Waals surface area (Å²) >= 11 is 0. The summed E-state index contributed by atoms with van der Waals surface area (Å²) in [6, 6.07) is 20.2. The third-order valence-corrected chi connectivity index (χ3v) is 6.32. The predicted molar refractivity (Wildman–Crippen MR) is 131 cm³/mol. The first kappa shape index (κ1) is 22.8. The third-order valence-electron chi connectivity index (χ3n) is 6.32. The molecule has 1 fully saturated rings. The molecule has 0 aliphatic carbocycles. The molecule has 0 radical (unpaired) electrons. The molecule has 1 aliphatic heterocycles. The number of rotatable bonds is 8. The van der Waals surface area contributed by atoms with E-state index in [4.69, 9.17) is 4.74 Å². The van der Waals surface area contributed by atoms with Gasteiger partial charge in [0.2, 0.25) is 11.8 Å². The van der Waals surface area contributed by atoms with Crippen molar-refractivity contribution >= 4 is 11.7 Å². The largest absolute Gasteiger partial charge is 0.439 e. The van der Waals surface area contributed by atoms with Gasteiger partial charge in [0.25, 0.3) is 0 Å². The molecular weight excluding hydrogens is 412 g/mol. The lowest BCUT2D eigenvalue weighted by molar-refractivity contribution is -0.125. The highest BCUT2D eigenvalue weighted by atomic mass is 16.5. The molecule has 1 atom stereocenters. The van der Waals surface area contributed by atoms with Crippen molar-refractivity contribution in [3.05, 3.63) is 78.1 Å². The summed E-state index contributed by atoms with van der Waals surface area (Å²) in [5.74, 6) is 2.61. The van der Waals surface area contributed by atoms with E-state index < -0.39 is 0 Å². The predicted octanol–water partition coefficient (Wildman–Crippen LogP) is 4.97. The average Bonchev–Trinajstić information content (AvgIpc) is 2.88. The van der Waals surface area contributed by atoms with E-state index in [0.717, 1.165) is 43.9 Å². The zero-order valence-corrected chi connectivity index (χ0v) is 19.4. The van der Waals surface area contributed by atoms with E-state index in [1.54, 1.807) is 0 Å². The highest BCUT2D eigenvalue weighted by Crippen LogP contribution is 2.26. The first-order valence-electron chi connectivity index (χ1n) is 11.8. The monoisotopic (exact) mass is 444 g/mol. The van der Waals surface area contributed by atoms with Crippen LogP contribution in [0.25, 0.3) is 0 Å². The van der Waals surface area contributed by atoms with Crippen LogP contribution in [0.2, 0.25) is 0 Å². The summed E-state index contributed by atoms with van der Waals surface area (Å²) in [6.45, 7) is 6.51. The standard InChI is InChI=1S/C27H32N4O2/c1-3-21-9-11-24(12-10-21)33-26-17-25(29-19-30-26)31-15-13-23(14-16-31)27(32)28-18-20(2)22-7-5-4-6-8-22/h4-12,17,19-20,23H,3,13-16,18H2,1-2H3,(H,28,32)/t20-/m1/s1. The van der Waals surface area contributed by atoms with Gasteiger partial charge in [-0.3, -0.25) is 4.79 Å². The van der Waals surface area contributed by atoms with Gasteiger partial charge in [-0.25, -0.2) is 9.97 Å². The first-order chi connectivity index (χ1) is 16.1. The van der Waals surface area contributed by atoms with E-state index in [0.29, 0.717) is 18.3 Å². The molecule has 33 heavy (non-hydrogen) atoms. The van der Waals surface area contributed by atoms with Crippen LogP contribution in [0.4, 0.5) is 5.82 Å². The molecule has 1 amide bonds. The molecule has 4 rings (SSSR count). The highest BCUT2D eigenvalue weighted by molar-refractivity contribution is 5.79. The summed E-state index contributed by atoms with van der Waals surface area (Å²) in [7, 11) is 0. The minimum Gasteiger partial charge on any atom is -0.439 e. The van der Waals surface area contributed by atoms with Gasteiger partial charge in [-0.15, -0.1) is 0 Å². The topological polar surface area (TPSA) is 67.3 Å². The Morgan fingerprint density at radius 2 is 1.82 bits per heavy atom. The van der Waals surface area contributed by atoms with Crippen molar-refractivity contribution in [2.75, 3.05) is 24.5 Å². The van der Waals surface area contributed by atoms with Crippen LogP contribution in [0.5, 0.6) is 11.6 Å². The Hall–Kier alpha value is -3.41. The fourth-order valence-electron chi connectivity index (χ4n) is 4.14. The molecule has 1 N–H and O–H groups in total. The van der Waals surface area contributed by atoms with Gasteiger partial charge in [0.05, 0.1) is 0 Å². The molecule has 6 heteroatoms. The summed E-state index contributed by atoms with van der Waals surface area (Å²) in [5, 5.41) is 3.15. The number of ether oxygens (including phenoxy) is 1. The molecule has 0 spiro atoms. The Morgan fingerprint density at radius 3 is 2.52 bits per heavy atom. The molecule has 1 saturated heterocycles. The van der Waals surface area contributed by atoms with Crippen LogP contribution in [0.3, 0.4) is 0 Å². The third kappa shape index (κ3) is 6.09. The first-order valence-corrected chi connectivity index (χ1v) is 11.8. The maximum absolute atomic E-state index is 12.7. The van der Waals surface area contributed by atoms with Crippen molar-refractivity contribution in [1.29, 1.82) is 0 Å². The van der Waals surface area contributed by atoms with E-state index in [1.807, 2.05) is 36.4 Å². The van der Waals surface area contributed by atoms with Gasteiger partial charge in [-0.1, -0.05) is 56.3 Å². The fraction of sp³-hybridized carbons (Fsp3) is 0.370. The van der Waals surface area contributed by atoms with Crippen LogP contribution in [0, 0.1) is 5.92 Å². The Balaban J connectivity index is 1.27. The average molecular weight is 445 g/mol. The van der Waals surface area contributed by atoms with Crippen molar-refractivity contribution in [3.63, 3.8) is 0 Å². The van der Waals surface area contributed by atoms with E-state index in [-0.39, 0.29) is 11.8 Å². The lowest BCUT2D eigenvalue weighted by Crippen LogP contribution is -2.41. The zero-order chi connectivity index (χ0) is 23.0. The van der Waals surface area contributed by atoms with Crippen molar-refractivity contribution < 1.29 is 9.53 Å². The number of aryl methyl sites for hydroxylation is 1. The molecular formula is C27H32N4O2. The Kier molecular flexibility index (Phi) is 7.55. The molecule has 1 aromatic heterocycles. The summed E-state index contributed by atoms with van der Waals surface area (Å²) in [5.41, 5.74) is 2.52. The normalized spacial score (nSPS) is 15.2. The second kappa shape index (κ2) is 10.9. The van der Waals surface area contributed by atoms with Crippen molar-refractivity contribution in [2.24, 2.45) is 5.92 Å². The van der Waals surface area contributed by atoms with Gasteiger partial charge >= 0.3 is 0 Å². The van der Waals surface area contributed by atoms with E-state index in [2.05, 4.69) is 58.3 Å². The van der Waals surface area contributed by atoms with Crippen LogP contribution in [0.15, 0.2) is 67.0 Å². The Morgan fingerprint density at radius 1 is 1.09 bits per heavy atom. The minimum absolute atomic E-state index is 0.0406. The number of amides is 1. The second-order valence-corrected chi connectivity index (χ2v) is 8.63. The van der Waals surface area contributed by atoms with Crippen molar-refractivity contribution in [3.8, 4) is 11.6 Å². The lowest BCUT2D eigenvalue weighted by Gasteiger charge is -2.32. The molecule has 172 valence electrons. The fourth-order valence-corrected chi connectivity index (χ4v) is 4.14. The van der Waals surface area contributed by atoms with Gasteiger partial charge in [-0.05, 0) is 48.4 Å². The van der Waals surface area contributed by atoms with Crippen LogP contribution < -0.4 is 15.0 Å². The zero-order valence-electron chi connectivity index (χ0n) is 19.4. The SMILES string of the molecule is CCc1ccc(Oc2cc(N3CCC(C(=O)NC[C@@H](C)c4ccccc4)CC3)ncn2)cc1. The number of hydrogen-bond donors (Lipinski definition) is 1. The van der Waals surface area contributed by atoms with Crippen LogP contribution in [-0.2, 0) is 11.2 Å². The highest BCUT2D eigenvalue weighted by Gasteiger charge is 2.26. The minimum atomic E-state index is 0.0406. The Labute approximate surface area is 196 Å². The number of benzene rings is 2. The van der Waals surface area contributed by atoms with E-state index in [1.165, 1.54) is 17.5 Å².